The van der Waals surface area contributed by atoms with Gasteiger partial charge in [0, 0.05) is 34.0 Å². The van der Waals surface area contributed by atoms with Gasteiger partial charge < -0.3 is 30.7 Å². The van der Waals surface area contributed by atoms with E-state index in [0.717, 1.165) is 62.0 Å². The molecule has 1 amide bonds. The number of rotatable bonds is 10. The van der Waals surface area contributed by atoms with Crippen LogP contribution in [0.5, 0.6) is 6.01 Å². The number of alkyl carbamates (subject to hydrolysis) is 1. The summed E-state index contributed by atoms with van der Waals surface area (Å²) in [5, 5.41) is 24.5. The second-order valence-electron chi connectivity index (χ2n) is 16.1. The van der Waals surface area contributed by atoms with E-state index < -0.39 is 17.5 Å². The van der Waals surface area contributed by atoms with Crippen molar-refractivity contribution >= 4 is 57.5 Å². The fraction of sp³-hybridized carbons (Fsp3) is 0.500. The van der Waals surface area contributed by atoms with E-state index in [2.05, 4.69) is 42.0 Å². The minimum atomic E-state index is -0.754. The average molecular weight is 819 g/mol. The van der Waals surface area contributed by atoms with Gasteiger partial charge in [0.2, 0.25) is 0 Å². The molecule has 5 N–H and O–H groups in total. The van der Waals surface area contributed by atoms with Gasteiger partial charge in [0.15, 0.2) is 0 Å². The number of benzene rings is 2. The van der Waals surface area contributed by atoms with Crippen molar-refractivity contribution in [3.8, 4) is 23.2 Å². The van der Waals surface area contributed by atoms with Crippen LogP contribution in [0.1, 0.15) is 90.3 Å². The minimum Gasteiger partial charge on any atom is -0.461 e. The molecule has 304 valence electrons. The van der Waals surface area contributed by atoms with Gasteiger partial charge in [-0.05, 0) is 102 Å². The van der Waals surface area contributed by atoms with Crippen LogP contribution in [0.15, 0.2) is 35.0 Å². The molecule has 2 fully saturated rings. The zero-order valence-electron chi connectivity index (χ0n) is 33.6. The molecule has 3 aromatic rings. The number of anilines is 1. The summed E-state index contributed by atoms with van der Waals surface area (Å²) < 4.78 is 33.3. The van der Waals surface area contributed by atoms with Gasteiger partial charge in [0.05, 0.1) is 51.7 Å². The van der Waals surface area contributed by atoms with Crippen LogP contribution in [-0.2, 0) is 22.7 Å². The van der Waals surface area contributed by atoms with Crippen molar-refractivity contribution in [2.24, 2.45) is 11.7 Å². The monoisotopic (exact) mass is 818 g/mol. The van der Waals surface area contributed by atoms with Gasteiger partial charge in [-0.1, -0.05) is 38.1 Å². The molecule has 1 atom stereocenters. The molecule has 4 aliphatic heterocycles. The molecule has 57 heavy (non-hydrogen) atoms. The second-order valence-corrected chi connectivity index (χ2v) is 17.5. The van der Waals surface area contributed by atoms with E-state index in [-0.39, 0.29) is 52.6 Å². The van der Waals surface area contributed by atoms with Gasteiger partial charge in [0.25, 0.3) is 0 Å². The number of carbonyl (C=O) groups is 1. The lowest BCUT2D eigenvalue weighted by Crippen LogP contribution is -2.43. The van der Waals surface area contributed by atoms with Crippen molar-refractivity contribution < 1.29 is 23.4 Å². The first-order valence-electron chi connectivity index (χ1n) is 19.4. The van der Waals surface area contributed by atoms with E-state index in [0.29, 0.717) is 57.3 Å². The lowest BCUT2D eigenvalue weighted by molar-refractivity contribution is 0.0546. The molecular formula is C42H52ClFN8O4S. The molecule has 12 nitrogen and oxygen atoms in total. The number of thioether (sulfide) groups is 1. The lowest BCUT2D eigenvalue weighted by atomic mass is 9.88. The standard InChI is InChI=1S/C36H39ClFN7O4S.C6H13N/c1-19(40)14-41-32-28-23-16-47-15-22(23)26(29(37)30(28)43-33(44-32)48-18-36-9-5-11-45(36)12-6-10-36)20-7-8-24(38)31-27(20)21(13-39)25(17-50-31)42-34(46)49-35(2,3)4;1-4-5(2)6(3)7/h7-8H,1,5-6,9-12,14-18,40H2,2-4H3,(H,42,46)(H,41,43,44);5,7H,4H2,1-3H3. The highest BCUT2D eigenvalue weighted by molar-refractivity contribution is 7.99. The number of carbonyl (C=O) groups excluding carboxylic acids is 1. The Morgan fingerprint density at radius 3 is 2.54 bits per heavy atom. The smallest absolute Gasteiger partial charge is 0.411 e. The van der Waals surface area contributed by atoms with Crippen LogP contribution in [0.3, 0.4) is 0 Å². The van der Waals surface area contributed by atoms with Gasteiger partial charge in [-0.2, -0.15) is 15.2 Å². The molecule has 0 aliphatic carbocycles. The number of halogens is 2. The third-order valence-corrected chi connectivity index (χ3v) is 12.4. The molecule has 1 unspecified atom stereocenters. The highest BCUT2D eigenvalue weighted by Gasteiger charge is 2.45. The van der Waals surface area contributed by atoms with Gasteiger partial charge in [-0.15, -0.1) is 11.8 Å². The first-order valence-corrected chi connectivity index (χ1v) is 20.8. The third-order valence-electron chi connectivity index (χ3n) is 10.9. The van der Waals surface area contributed by atoms with Crippen LogP contribution in [0, 0.1) is 28.5 Å². The van der Waals surface area contributed by atoms with Crippen LogP contribution in [0.2, 0.25) is 5.02 Å². The fourth-order valence-electron chi connectivity index (χ4n) is 7.82. The molecule has 0 bridgehead atoms. The number of fused-ring (bicyclic) bond motifs is 5. The molecule has 4 aliphatic rings. The van der Waals surface area contributed by atoms with E-state index in [1.54, 1.807) is 26.8 Å². The second kappa shape index (κ2) is 17.2. The van der Waals surface area contributed by atoms with E-state index >= 15 is 4.39 Å². The number of amides is 1. The summed E-state index contributed by atoms with van der Waals surface area (Å²) in [4.78, 5) is 25.3. The third kappa shape index (κ3) is 8.87. The minimum absolute atomic E-state index is 0.0336. The maximum atomic E-state index is 15.5. The predicted molar refractivity (Wildman–Crippen MR) is 224 cm³/mol. The van der Waals surface area contributed by atoms with E-state index in [9.17, 15) is 10.1 Å². The number of aromatic nitrogens is 2. The fourth-order valence-corrected chi connectivity index (χ4v) is 9.24. The number of ether oxygens (including phenoxy) is 3. The number of allylic oxidation sites excluding steroid dienone is 1. The summed E-state index contributed by atoms with van der Waals surface area (Å²) in [5.74, 6) is 0.648. The maximum absolute atomic E-state index is 15.5. The topological polar surface area (TPSA) is 171 Å². The molecular weight excluding hydrogens is 767 g/mol. The molecule has 0 radical (unpaired) electrons. The highest BCUT2D eigenvalue weighted by Crippen LogP contribution is 2.50. The first kappa shape index (κ1) is 42.2. The van der Waals surface area contributed by atoms with Crippen LogP contribution in [0.25, 0.3) is 27.6 Å². The molecule has 15 heteroatoms. The van der Waals surface area contributed by atoms with Crippen molar-refractivity contribution in [2.45, 2.75) is 103 Å². The molecule has 7 rings (SSSR count). The first-order chi connectivity index (χ1) is 27.1. The van der Waals surface area contributed by atoms with Crippen LogP contribution in [-0.4, -0.2) is 69.8 Å². The van der Waals surface area contributed by atoms with Crippen molar-refractivity contribution in [1.29, 1.82) is 10.7 Å². The molecule has 2 saturated heterocycles. The summed E-state index contributed by atoms with van der Waals surface area (Å²) in [6, 6.07) is 5.37. The SMILES string of the molecule is C=C(N)CNc1nc(OCC23CCCN2CCC3)nc2c(Cl)c(-c3ccc(F)c4c3C(C#N)=C(NC(=O)OC(C)(C)C)CS4)c3c(c12)COC3.CCC(C)C(C)=N. The Labute approximate surface area is 343 Å². The van der Waals surface area contributed by atoms with Crippen LogP contribution < -0.4 is 21.1 Å². The zero-order chi connectivity index (χ0) is 41.2. The van der Waals surface area contributed by atoms with E-state index in [1.807, 2.05) is 6.92 Å². The van der Waals surface area contributed by atoms with E-state index in [1.165, 1.54) is 17.8 Å². The van der Waals surface area contributed by atoms with Crippen LogP contribution in [0.4, 0.5) is 15.0 Å². The molecule has 5 heterocycles. The Morgan fingerprint density at radius 2 is 1.93 bits per heavy atom. The zero-order valence-corrected chi connectivity index (χ0v) is 35.2. The Bertz CT molecular complexity index is 2170. The Balaban J connectivity index is 0.000000719. The largest absolute Gasteiger partial charge is 0.461 e. The quantitative estimate of drug-likeness (QED) is 0.144. The molecule has 1 aromatic heterocycles. The summed E-state index contributed by atoms with van der Waals surface area (Å²) in [5.41, 5.74) is 10.2. The summed E-state index contributed by atoms with van der Waals surface area (Å²) >= 11 is 8.56. The summed E-state index contributed by atoms with van der Waals surface area (Å²) in [7, 11) is 0. The number of hydrogen-bond acceptors (Lipinski definition) is 12. The maximum Gasteiger partial charge on any atom is 0.411 e. The van der Waals surface area contributed by atoms with Gasteiger partial charge >= 0.3 is 12.1 Å². The lowest BCUT2D eigenvalue weighted by Gasteiger charge is -2.31. The highest BCUT2D eigenvalue weighted by atomic mass is 35.5. The molecule has 0 spiro atoms. The van der Waals surface area contributed by atoms with Crippen molar-refractivity contribution in [1.82, 2.24) is 20.2 Å². The predicted octanol–water partition coefficient (Wildman–Crippen LogP) is 8.95. The summed E-state index contributed by atoms with van der Waals surface area (Å²) in [6.07, 6.45) is 4.76. The molecule has 0 saturated carbocycles. The number of nitrogens with two attached hydrogens (primary N) is 1. The number of nitrogens with zero attached hydrogens (tertiary/aromatic N) is 4. The normalized spacial score (nSPS) is 17.5. The summed E-state index contributed by atoms with van der Waals surface area (Å²) in [6.45, 7) is 18.4. The Morgan fingerprint density at radius 1 is 1.23 bits per heavy atom. The van der Waals surface area contributed by atoms with Crippen molar-refractivity contribution in [3.05, 3.63) is 57.6 Å². The number of nitrogens with one attached hydrogen (secondary N) is 3. The number of hydrogen-bond donors (Lipinski definition) is 4. The van der Waals surface area contributed by atoms with Gasteiger partial charge in [-0.3, -0.25) is 10.2 Å². The average Bonchev–Trinajstić information content (AvgIpc) is 3.90. The van der Waals surface area contributed by atoms with E-state index in [4.69, 9.17) is 46.9 Å². The molecule has 2 aromatic carbocycles. The number of nitriles is 1. The van der Waals surface area contributed by atoms with Gasteiger partial charge in [-0.25, -0.2) is 9.18 Å². The van der Waals surface area contributed by atoms with Gasteiger partial charge in [0.1, 0.15) is 29.9 Å². The van der Waals surface area contributed by atoms with Crippen molar-refractivity contribution in [2.75, 3.05) is 37.3 Å². The Kier molecular flexibility index (Phi) is 12.7. The Hall–Kier alpha value is -4.42. The van der Waals surface area contributed by atoms with Crippen molar-refractivity contribution in [3.63, 3.8) is 0 Å². The van der Waals surface area contributed by atoms with Crippen LogP contribution >= 0.6 is 23.4 Å².